The van der Waals surface area contributed by atoms with Gasteiger partial charge in [0.15, 0.2) is 0 Å². The van der Waals surface area contributed by atoms with Gasteiger partial charge in [-0.15, -0.1) is 11.8 Å². The summed E-state index contributed by atoms with van der Waals surface area (Å²) in [4.78, 5) is 16.7. The Morgan fingerprint density at radius 1 is 1.25 bits per heavy atom. The molecule has 0 saturated carbocycles. The zero-order chi connectivity index (χ0) is 13.9. The number of thioether (sulfide) groups is 1. The van der Waals surface area contributed by atoms with Crippen LogP contribution in [0.1, 0.15) is 12.8 Å². The minimum atomic E-state index is 0.215. The van der Waals surface area contributed by atoms with E-state index in [0.29, 0.717) is 5.91 Å². The molecular weight excluding hydrogens is 292 g/mol. The first-order valence-corrected chi connectivity index (χ1v) is 8.57. The normalized spacial score (nSPS) is 23.1. The number of benzene rings is 1. The lowest BCUT2D eigenvalue weighted by Gasteiger charge is -2.37. The summed E-state index contributed by atoms with van der Waals surface area (Å²) in [5.41, 5.74) is 1.15. The summed E-state index contributed by atoms with van der Waals surface area (Å²) in [5.74, 6) is 1.48. The molecule has 108 valence electrons. The molecule has 2 aliphatic heterocycles. The fraction of sp³-hybridized carbons (Fsp3) is 0.533. The van der Waals surface area contributed by atoms with Gasteiger partial charge in [-0.3, -0.25) is 4.79 Å². The van der Waals surface area contributed by atoms with Gasteiger partial charge < -0.3 is 9.80 Å². The summed E-state index contributed by atoms with van der Waals surface area (Å²) in [6.07, 6.45) is 2.24. The van der Waals surface area contributed by atoms with Gasteiger partial charge in [0.2, 0.25) is 5.91 Å². The Morgan fingerprint density at radius 2 is 2.05 bits per heavy atom. The third-order valence-corrected chi connectivity index (χ3v) is 5.57. The van der Waals surface area contributed by atoms with Crippen molar-refractivity contribution in [2.75, 3.05) is 36.8 Å². The van der Waals surface area contributed by atoms with E-state index in [-0.39, 0.29) is 5.25 Å². The second-order valence-corrected chi connectivity index (χ2v) is 7.04. The Labute approximate surface area is 129 Å². The topological polar surface area (TPSA) is 23.6 Å². The lowest BCUT2D eigenvalue weighted by molar-refractivity contribution is -0.130. The van der Waals surface area contributed by atoms with Crippen molar-refractivity contribution in [3.63, 3.8) is 0 Å². The summed E-state index contributed by atoms with van der Waals surface area (Å²) in [6, 6.07) is 7.94. The van der Waals surface area contributed by atoms with E-state index < -0.39 is 0 Å². The first-order valence-electron chi connectivity index (χ1n) is 7.15. The average molecular weight is 311 g/mol. The maximum atomic E-state index is 12.4. The fourth-order valence-electron chi connectivity index (χ4n) is 2.83. The van der Waals surface area contributed by atoms with E-state index in [1.54, 1.807) is 0 Å². The number of halogens is 1. The summed E-state index contributed by atoms with van der Waals surface area (Å²) >= 11 is 7.86. The van der Waals surface area contributed by atoms with E-state index in [1.807, 2.05) is 34.9 Å². The number of amides is 1. The quantitative estimate of drug-likeness (QED) is 0.839. The number of nitrogens with zero attached hydrogens (tertiary/aromatic N) is 2. The van der Waals surface area contributed by atoms with Crippen LogP contribution in [-0.4, -0.2) is 48.0 Å². The second kappa shape index (κ2) is 6.27. The van der Waals surface area contributed by atoms with Gasteiger partial charge in [-0.1, -0.05) is 17.7 Å². The standard InChI is InChI=1S/C15H19ClN2OS/c16-12-3-1-4-13(11-12)17-6-8-18(9-7-17)15(19)14-5-2-10-20-14/h1,3-4,11,14H,2,5-10H2. The van der Waals surface area contributed by atoms with Gasteiger partial charge >= 0.3 is 0 Å². The number of hydrogen-bond acceptors (Lipinski definition) is 3. The molecule has 2 fully saturated rings. The average Bonchev–Trinajstić information content (AvgIpc) is 3.01. The molecular formula is C15H19ClN2OS. The molecule has 2 aliphatic rings. The maximum absolute atomic E-state index is 12.4. The van der Waals surface area contributed by atoms with Crippen molar-refractivity contribution in [1.82, 2.24) is 4.90 Å². The van der Waals surface area contributed by atoms with Crippen molar-refractivity contribution < 1.29 is 4.79 Å². The first kappa shape index (κ1) is 14.1. The fourth-order valence-corrected chi connectivity index (χ4v) is 4.26. The number of rotatable bonds is 2. The van der Waals surface area contributed by atoms with Crippen LogP contribution < -0.4 is 4.90 Å². The third-order valence-electron chi connectivity index (χ3n) is 3.97. The Bertz CT molecular complexity index is 483. The van der Waals surface area contributed by atoms with E-state index in [0.717, 1.165) is 49.1 Å². The first-order chi connectivity index (χ1) is 9.74. The van der Waals surface area contributed by atoms with Gasteiger partial charge in [0.05, 0.1) is 5.25 Å². The lowest BCUT2D eigenvalue weighted by atomic mass is 10.2. The van der Waals surface area contributed by atoms with Crippen LogP contribution in [0.5, 0.6) is 0 Å². The van der Waals surface area contributed by atoms with Crippen LogP contribution in [0.3, 0.4) is 0 Å². The number of carbonyl (C=O) groups is 1. The van der Waals surface area contributed by atoms with Gasteiger partial charge in [0.1, 0.15) is 0 Å². The van der Waals surface area contributed by atoms with Crippen LogP contribution in [-0.2, 0) is 4.79 Å². The minimum absolute atomic E-state index is 0.215. The minimum Gasteiger partial charge on any atom is -0.368 e. The van der Waals surface area contributed by atoms with Gasteiger partial charge in [-0.2, -0.15) is 0 Å². The molecule has 1 amide bonds. The Kier molecular flexibility index (Phi) is 4.41. The second-order valence-electron chi connectivity index (χ2n) is 5.29. The molecule has 0 aliphatic carbocycles. The monoisotopic (exact) mass is 310 g/mol. The molecule has 20 heavy (non-hydrogen) atoms. The van der Waals surface area contributed by atoms with Crippen LogP contribution >= 0.6 is 23.4 Å². The number of carbonyl (C=O) groups excluding carboxylic acids is 1. The van der Waals surface area contributed by atoms with E-state index in [9.17, 15) is 4.79 Å². The SMILES string of the molecule is O=C(C1CCCS1)N1CCN(c2cccc(Cl)c2)CC1. The van der Waals surface area contributed by atoms with Crippen molar-refractivity contribution in [2.45, 2.75) is 18.1 Å². The molecule has 2 saturated heterocycles. The van der Waals surface area contributed by atoms with E-state index in [1.165, 1.54) is 6.42 Å². The molecule has 1 unspecified atom stereocenters. The lowest BCUT2D eigenvalue weighted by Crippen LogP contribution is -2.50. The Hall–Kier alpha value is -0.870. The molecule has 1 aromatic rings. The zero-order valence-corrected chi connectivity index (χ0v) is 13.0. The molecule has 0 aromatic heterocycles. The number of hydrogen-bond donors (Lipinski definition) is 0. The molecule has 3 rings (SSSR count). The van der Waals surface area contributed by atoms with Crippen molar-refractivity contribution in [3.8, 4) is 0 Å². The van der Waals surface area contributed by atoms with Gasteiger partial charge in [-0.25, -0.2) is 0 Å². The molecule has 3 nitrogen and oxygen atoms in total. The molecule has 1 atom stereocenters. The van der Waals surface area contributed by atoms with Gasteiger partial charge in [0, 0.05) is 36.9 Å². The molecule has 0 N–H and O–H groups in total. The molecule has 5 heteroatoms. The van der Waals surface area contributed by atoms with Crippen molar-refractivity contribution >= 4 is 35.0 Å². The van der Waals surface area contributed by atoms with Crippen molar-refractivity contribution in [3.05, 3.63) is 29.3 Å². The predicted molar refractivity (Wildman–Crippen MR) is 85.7 cm³/mol. The highest BCUT2D eigenvalue weighted by Crippen LogP contribution is 2.28. The summed E-state index contributed by atoms with van der Waals surface area (Å²) in [6.45, 7) is 3.43. The highest BCUT2D eigenvalue weighted by Gasteiger charge is 2.29. The maximum Gasteiger partial charge on any atom is 0.235 e. The highest BCUT2D eigenvalue weighted by atomic mass is 35.5. The van der Waals surface area contributed by atoms with Gasteiger partial charge in [0.25, 0.3) is 0 Å². The summed E-state index contributed by atoms with van der Waals surface area (Å²) < 4.78 is 0. The van der Waals surface area contributed by atoms with E-state index in [2.05, 4.69) is 11.0 Å². The van der Waals surface area contributed by atoms with Gasteiger partial charge in [-0.05, 0) is 36.8 Å². The third kappa shape index (κ3) is 3.07. The largest absolute Gasteiger partial charge is 0.368 e. The summed E-state index contributed by atoms with van der Waals surface area (Å²) in [7, 11) is 0. The van der Waals surface area contributed by atoms with Crippen LogP contribution in [0.25, 0.3) is 0 Å². The van der Waals surface area contributed by atoms with E-state index >= 15 is 0 Å². The molecule has 2 heterocycles. The summed E-state index contributed by atoms with van der Waals surface area (Å²) in [5, 5.41) is 0.982. The zero-order valence-electron chi connectivity index (χ0n) is 11.4. The van der Waals surface area contributed by atoms with Crippen molar-refractivity contribution in [1.29, 1.82) is 0 Å². The molecule has 0 spiro atoms. The molecule has 0 bridgehead atoms. The molecule has 0 radical (unpaired) electrons. The van der Waals surface area contributed by atoms with Crippen LogP contribution in [0.2, 0.25) is 5.02 Å². The van der Waals surface area contributed by atoms with Crippen molar-refractivity contribution in [2.24, 2.45) is 0 Å². The Morgan fingerprint density at radius 3 is 2.70 bits per heavy atom. The van der Waals surface area contributed by atoms with Crippen LogP contribution in [0.15, 0.2) is 24.3 Å². The number of piperazine rings is 1. The van der Waals surface area contributed by atoms with Crippen LogP contribution in [0, 0.1) is 0 Å². The number of anilines is 1. The smallest absolute Gasteiger partial charge is 0.235 e. The Balaban J connectivity index is 1.58. The predicted octanol–water partition coefficient (Wildman–Crippen LogP) is 2.88. The van der Waals surface area contributed by atoms with E-state index in [4.69, 9.17) is 11.6 Å². The van der Waals surface area contributed by atoms with Crippen LogP contribution in [0.4, 0.5) is 5.69 Å². The highest BCUT2D eigenvalue weighted by molar-refractivity contribution is 8.00. The molecule has 1 aromatic carbocycles.